The Balaban J connectivity index is -0.0000000711. The molecule has 0 aliphatic heterocycles. The van der Waals surface area contributed by atoms with Gasteiger partial charge in [-0.15, -0.1) is 0 Å². The zero-order valence-corrected chi connectivity index (χ0v) is 20.1. The van der Waals surface area contributed by atoms with Crippen molar-refractivity contribution in [3.8, 4) is 0 Å². The average Bonchev–Trinajstić information content (AvgIpc) is 2.15. The molecule has 0 atom stereocenters. The van der Waals surface area contributed by atoms with Crippen LogP contribution in [-0.2, 0) is 34.6 Å². The van der Waals surface area contributed by atoms with Gasteiger partial charge in [-0.25, -0.2) is 0 Å². The fraction of sp³-hybridized carbons (Fsp3) is 1.00. The van der Waals surface area contributed by atoms with Gasteiger partial charge in [0.2, 0.25) is 0 Å². The Hall–Kier alpha value is 1.45. The molecule has 0 unspecified atom stereocenters. The van der Waals surface area contributed by atoms with E-state index < -0.39 is 0 Å². The van der Waals surface area contributed by atoms with Gasteiger partial charge in [-0.1, -0.05) is 0 Å². The van der Waals surface area contributed by atoms with E-state index in [0.717, 1.165) is 0 Å². The van der Waals surface area contributed by atoms with Crippen LogP contribution < -0.4 is 0 Å². The Morgan fingerprint density at radius 3 is 0.714 bits per heavy atom. The molecule has 21 heavy (non-hydrogen) atoms. The summed E-state index contributed by atoms with van der Waals surface area (Å²) >= 11 is -0.491. The van der Waals surface area contributed by atoms with Crippen molar-refractivity contribution in [2.75, 3.05) is 0 Å². The zero-order valence-electron chi connectivity index (χ0n) is 14.8. The summed E-state index contributed by atoms with van der Waals surface area (Å²) in [6, 6.07) is 0. The summed E-state index contributed by atoms with van der Waals surface area (Å²) < 4.78 is 20.9. The number of hydrogen-bond acceptors (Lipinski definition) is 4. The first-order chi connectivity index (χ1) is 8.25. The van der Waals surface area contributed by atoms with E-state index in [1.807, 2.05) is 55.4 Å². The van der Waals surface area contributed by atoms with Crippen LogP contribution in [0.25, 0.3) is 0 Å². The summed E-state index contributed by atoms with van der Waals surface area (Å²) in [5.41, 5.74) is 0. The molecule has 0 aromatic carbocycles. The molecule has 0 fully saturated rings. The van der Waals surface area contributed by atoms with Crippen molar-refractivity contribution >= 4 is 31.8 Å². The standard InChI is InChI=1S/4C3H7O.2Al.2H2O.Zn/c4*1-3(2)4;;;;;/h4*3H,1-2H3;;;2*1H2;/q4*-1;2*+2;;;. The molecule has 0 saturated carbocycles. The second-order valence-corrected chi connectivity index (χ2v) is 6.41. The summed E-state index contributed by atoms with van der Waals surface area (Å²) in [4.78, 5) is 0. The molecular weight excluding hydrogens is 359 g/mol. The van der Waals surface area contributed by atoms with Crippen LogP contribution in [0.2, 0.25) is 0 Å². The molecule has 0 aromatic rings. The van der Waals surface area contributed by atoms with Crippen molar-refractivity contribution in [1.82, 2.24) is 0 Å². The van der Waals surface area contributed by atoms with Crippen LogP contribution in [-0.4, -0.2) is 67.1 Å². The quantitative estimate of drug-likeness (QED) is 0.578. The molecule has 0 heterocycles. The van der Waals surface area contributed by atoms with Gasteiger partial charge in [-0.2, -0.15) is 0 Å². The molecule has 4 N–H and O–H groups in total. The molecule has 124 valence electrons. The first kappa shape index (κ1) is 33.9. The van der Waals surface area contributed by atoms with Crippen LogP contribution in [0.4, 0.5) is 0 Å². The second-order valence-electron chi connectivity index (χ2n) is 4.93. The van der Waals surface area contributed by atoms with Gasteiger partial charge in [0.25, 0.3) is 0 Å². The molecule has 0 amide bonds. The summed E-state index contributed by atoms with van der Waals surface area (Å²) in [5.74, 6) is 0. The van der Waals surface area contributed by atoms with E-state index in [2.05, 4.69) is 0 Å². The smallest absolute Gasteiger partial charge is 0.482 e. The Bertz CT molecular complexity index is 140. The SMILES string of the molecule is CC(C)[O][Al][O]C(C)C.CC(C)[O][Al][O]C(C)C.O.O.[Zn]. The molecule has 0 rings (SSSR count). The van der Waals surface area contributed by atoms with Crippen LogP contribution in [0, 0.1) is 0 Å². The van der Waals surface area contributed by atoms with E-state index in [1.54, 1.807) is 0 Å². The second kappa shape index (κ2) is 23.7. The van der Waals surface area contributed by atoms with Crippen LogP contribution in [0.5, 0.6) is 0 Å². The molecule has 9 heteroatoms. The van der Waals surface area contributed by atoms with Gasteiger partial charge in [-0.05, 0) is 55.4 Å². The summed E-state index contributed by atoms with van der Waals surface area (Å²) in [6.45, 7) is 16.1. The minimum absolute atomic E-state index is 0. The van der Waals surface area contributed by atoms with Crippen LogP contribution in [0.1, 0.15) is 55.4 Å². The van der Waals surface area contributed by atoms with E-state index in [-0.39, 0.29) is 62.2 Å². The topological polar surface area (TPSA) is 99.9 Å². The minimum atomic E-state index is -0.245. The molecule has 0 spiro atoms. The third kappa shape index (κ3) is 44.9. The van der Waals surface area contributed by atoms with Crippen LogP contribution in [0.15, 0.2) is 0 Å². The predicted octanol–water partition coefficient (Wildman–Crippen LogP) is 1.09. The molecular formula is C12H32Al2O6Zn. The third-order valence-corrected chi connectivity index (χ3v) is 3.93. The zero-order chi connectivity index (χ0) is 14.6. The maximum absolute atomic E-state index is 5.21. The Morgan fingerprint density at radius 2 is 0.619 bits per heavy atom. The molecule has 2 radical (unpaired) electrons. The van der Waals surface area contributed by atoms with E-state index in [1.165, 1.54) is 0 Å². The monoisotopic (exact) mass is 390 g/mol. The first-order valence-corrected chi connectivity index (χ1v) is 8.39. The molecule has 0 aliphatic carbocycles. The first-order valence-electron chi connectivity index (χ1n) is 6.50. The summed E-state index contributed by atoms with van der Waals surface area (Å²) in [5, 5.41) is 0. The van der Waals surface area contributed by atoms with E-state index in [0.29, 0.717) is 24.4 Å². The largest absolute Gasteiger partial charge is 0.668 e. The number of rotatable bonds is 8. The maximum Gasteiger partial charge on any atom is 0.668 e. The van der Waals surface area contributed by atoms with Gasteiger partial charge in [0.15, 0.2) is 0 Å². The molecule has 0 bridgehead atoms. The Kier molecular flexibility index (Phi) is 38.3. The minimum Gasteiger partial charge on any atom is -0.482 e. The van der Waals surface area contributed by atoms with Crippen molar-refractivity contribution < 1.29 is 45.6 Å². The fourth-order valence-corrected chi connectivity index (χ4v) is 1.53. The van der Waals surface area contributed by atoms with Crippen molar-refractivity contribution in [1.29, 1.82) is 0 Å². The molecule has 6 nitrogen and oxygen atoms in total. The number of hydrogen-bond donors (Lipinski definition) is 0. The Morgan fingerprint density at radius 1 is 0.476 bits per heavy atom. The van der Waals surface area contributed by atoms with Gasteiger partial charge >= 0.3 is 31.8 Å². The van der Waals surface area contributed by atoms with E-state index in [4.69, 9.17) is 15.2 Å². The average molecular weight is 392 g/mol. The van der Waals surface area contributed by atoms with Gasteiger partial charge in [0, 0.05) is 43.9 Å². The van der Waals surface area contributed by atoms with Crippen molar-refractivity contribution in [3.63, 3.8) is 0 Å². The Labute approximate surface area is 156 Å². The van der Waals surface area contributed by atoms with E-state index in [9.17, 15) is 0 Å². The summed E-state index contributed by atoms with van der Waals surface area (Å²) in [7, 11) is 0. The summed E-state index contributed by atoms with van der Waals surface area (Å²) in [6.07, 6.45) is 1.22. The van der Waals surface area contributed by atoms with Crippen LogP contribution in [0.3, 0.4) is 0 Å². The van der Waals surface area contributed by atoms with Gasteiger partial charge in [-0.3, -0.25) is 0 Å². The van der Waals surface area contributed by atoms with Gasteiger partial charge in [0.1, 0.15) is 0 Å². The molecule has 0 aromatic heterocycles. The predicted molar refractivity (Wildman–Crippen MR) is 83.6 cm³/mol. The normalized spacial score (nSPS) is 9.33. The van der Waals surface area contributed by atoms with Crippen LogP contribution >= 0.6 is 0 Å². The van der Waals surface area contributed by atoms with Crippen molar-refractivity contribution in [2.24, 2.45) is 0 Å². The van der Waals surface area contributed by atoms with Crippen molar-refractivity contribution in [3.05, 3.63) is 0 Å². The maximum atomic E-state index is 5.21. The van der Waals surface area contributed by atoms with Gasteiger partial charge in [0.05, 0.1) is 0 Å². The van der Waals surface area contributed by atoms with Gasteiger partial charge < -0.3 is 26.1 Å². The van der Waals surface area contributed by atoms with Crippen molar-refractivity contribution in [2.45, 2.75) is 79.8 Å². The third-order valence-electron chi connectivity index (χ3n) is 1.31. The van der Waals surface area contributed by atoms with E-state index >= 15 is 0 Å². The fourth-order valence-electron chi connectivity index (χ4n) is 0.509. The molecule has 0 saturated heterocycles. The molecule has 0 aliphatic rings.